The topological polar surface area (TPSA) is 41.6 Å². The molecule has 2 aromatic carbocycles. The minimum Gasteiger partial charge on any atom is -0.497 e. The second-order valence-electron chi connectivity index (χ2n) is 7.03. The Morgan fingerprint density at radius 1 is 1.12 bits per heavy atom. The summed E-state index contributed by atoms with van der Waals surface area (Å²) in [5.74, 6) is 0.770. The highest BCUT2D eigenvalue weighted by Gasteiger charge is 2.33. The lowest BCUT2D eigenvalue weighted by Crippen LogP contribution is -2.28. The summed E-state index contributed by atoms with van der Waals surface area (Å²) in [6.07, 6.45) is 1.68. The number of carbonyl (C=O) groups is 1. The van der Waals surface area contributed by atoms with Crippen molar-refractivity contribution in [3.63, 3.8) is 0 Å². The van der Waals surface area contributed by atoms with Gasteiger partial charge in [0.2, 0.25) is 0 Å². The molecule has 0 fully saturated rings. The molecule has 0 amide bonds. The van der Waals surface area contributed by atoms with Gasteiger partial charge in [0.1, 0.15) is 5.75 Å². The van der Waals surface area contributed by atoms with E-state index in [4.69, 9.17) is 4.74 Å². The number of anilines is 1. The van der Waals surface area contributed by atoms with E-state index in [0.717, 1.165) is 28.3 Å². The van der Waals surface area contributed by atoms with Crippen LogP contribution in [0.25, 0.3) is 5.70 Å². The summed E-state index contributed by atoms with van der Waals surface area (Å²) in [6, 6.07) is 13.6. The highest BCUT2D eigenvalue weighted by Crippen LogP contribution is 2.38. The van der Waals surface area contributed by atoms with Crippen LogP contribution in [0.15, 0.2) is 48.5 Å². The van der Waals surface area contributed by atoms with Crippen molar-refractivity contribution in [1.82, 2.24) is 5.32 Å². The van der Waals surface area contributed by atoms with Crippen LogP contribution >= 0.6 is 0 Å². The maximum absolute atomic E-state index is 12.7. The Bertz CT molecular complexity index is 833. The number of hydrogen-bond acceptors (Lipinski definition) is 4. The fourth-order valence-corrected chi connectivity index (χ4v) is 3.14. The van der Waals surface area contributed by atoms with E-state index in [0.29, 0.717) is 5.56 Å². The van der Waals surface area contributed by atoms with Crippen LogP contribution < -0.4 is 15.0 Å². The van der Waals surface area contributed by atoms with Crippen molar-refractivity contribution in [3.8, 4) is 5.75 Å². The third kappa shape index (κ3) is 3.25. The first-order valence-corrected chi connectivity index (χ1v) is 8.32. The van der Waals surface area contributed by atoms with Crippen LogP contribution in [-0.4, -0.2) is 27.0 Å². The summed E-state index contributed by atoms with van der Waals surface area (Å²) < 4.78 is 5.34. The zero-order valence-electron chi connectivity index (χ0n) is 15.4. The summed E-state index contributed by atoms with van der Waals surface area (Å²) in [5.41, 5.74) is 4.54. The summed E-state index contributed by atoms with van der Waals surface area (Å²) >= 11 is 0. The van der Waals surface area contributed by atoms with Gasteiger partial charge < -0.3 is 15.0 Å². The molecule has 130 valence electrons. The number of carbonyl (C=O) groups excluding carboxylic acids is 1. The first kappa shape index (κ1) is 17.1. The van der Waals surface area contributed by atoms with Crippen LogP contribution in [0.4, 0.5) is 5.69 Å². The van der Waals surface area contributed by atoms with E-state index in [9.17, 15) is 4.79 Å². The van der Waals surface area contributed by atoms with Gasteiger partial charge in [0.25, 0.3) is 0 Å². The van der Waals surface area contributed by atoms with Gasteiger partial charge in [-0.05, 0) is 55.8 Å². The van der Waals surface area contributed by atoms with Gasteiger partial charge in [-0.1, -0.05) is 6.07 Å². The van der Waals surface area contributed by atoms with Crippen molar-refractivity contribution >= 4 is 17.2 Å². The molecule has 1 heterocycles. The number of ether oxygens (including phenoxy) is 1. The highest BCUT2D eigenvalue weighted by molar-refractivity contribution is 6.09. The maximum atomic E-state index is 12.7. The van der Waals surface area contributed by atoms with Gasteiger partial charge in [0.15, 0.2) is 5.78 Å². The number of benzene rings is 2. The van der Waals surface area contributed by atoms with E-state index in [1.807, 2.05) is 55.4 Å². The fraction of sp³-hybridized carbons (Fsp3) is 0.286. The fourth-order valence-electron chi connectivity index (χ4n) is 3.14. The van der Waals surface area contributed by atoms with E-state index in [-0.39, 0.29) is 11.3 Å². The molecule has 0 bridgehead atoms. The molecule has 1 aliphatic heterocycles. The predicted molar refractivity (Wildman–Crippen MR) is 102 cm³/mol. The van der Waals surface area contributed by atoms with Crippen LogP contribution in [0.1, 0.15) is 35.3 Å². The Morgan fingerprint density at radius 3 is 2.40 bits per heavy atom. The van der Waals surface area contributed by atoms with E-state index >= 15 is 0 Å². The molecule has 4 heteroatoms. The van der Waals surface area contributed by atoms with Gasteiger partial charge >= 0.3 is 0 Å². The minimum absolute atomic E-state index is 0.0146. The predicted octanol–water partition coefficient (Wildman–Crippen LogP) is 3.82. The lowest BCUT2D eigenvalue weighted by Gasteiger charge is -2.20. The number of hydrogen-bond donors (Lipinski definition) is 1. The van der Waals surface area contributed by atoms with Crippen molar-refractivity contribution in [2.45, 2.75) is 19.4 Å². The first-order chi connectivity index (χ1) is 11.8. The average Bonchev–Trinajstić information content (AvgIpc) is 2.84. The quantitative estimate of drug-likeness (QED) is 0.681. The van der Waals surface area contributed by atoms with E-state index in [1.165, 1.54) is 0 Å². The number of nitrogens with one attached hydrogen (secondary N) is 1. The van der Waals surface area contributed by atoms with Crippen LogP contribution in [0.2, 0.25) is 0 Å². The minimum atomic E-state index is -0.220. The van der Waals surface area contributed by atoms with Crippen molar-refractivity contribution < 1.29 is 9.53 Å². The van der Waals surface area contributed by atoms with Crippen molar-refractivity contribution in [3.05, 3.63) is 65.2 Å². The summed E-state index contributed by atoms with van der Waals surface area (Å²) in [5, 5.41) is 3.45. The standard InChI is InChI=1S/C21H24N2O2/c1-21(2)18-11-10-16(25-5)12-17(18)19(22-21)13-20(24)14-6-8-15(9-7-14)23(3)4/h6-13,22H,1-5H3/b19-13-. The molecular formula is C21H24N2O2. The molecule has 25 heavy (non-hydrogen) atoms. The Morgan fingerprint density at radius 2 is 1.80 bits per heavy atom. The maximum Gasteiger partial charge on any atom is 0.187 e. The Labute approximate surface area is 149 Å². The van der Waals surface area contributed by atoms with Gasteiger partial charge in [-0.25, -0.2) is 0 Å². The summed E-state index contributed by atoms with van der Waals surface area (Å²) in [7, 11) is 5.61. The SMILES string of the molecule is COc1ccc2c(c1)/C(=C/C(=O)c1ccc(N(C)C)cc1)NC2(C)C. The molecule has 1 aliphatic rings. The third-order valence-electron chi connectivity index (χ3n) is 4.58. The molecule has 2 aromatic rings. The van der Waals surface area contributed by atoms with Crippen molar-refractivity contribution in [2.75, 3.05) is 26.1 Å². The largest absolute Gasteiger partial charge is 0.497 e. The van der Waals surface area contributed by atoms with E-state index < -0.39 is 0 Å². The third-order valence-corrected chi connectivity index (χ3v) is 4.58. The highest BCUT2D eigenvalue weighted by atomic mass is 16.5. The number of ketones is 1. The average molecular weight is 336 g/mol. The molecule has 0 aromatic heterocycles. The molecule has 0 saturated heterocycles. The van der Waals surface area contributed by atoms with Crippen molar-refractivity contribution in [1.29, 1.82) is 0 Å². The molecule has 0 aliphatic carbocycles. The number of nitrogens with zero attached hydrogens (tertiary/aromatic N) is 1. The van der Waals surface area contributed by atoms with E-state index in [2.05, 4.69) is 25.2 Å². The molecule has 3 rings (SSSR count). The van der Waals surface area contributed by atoms with Crippen LogP contribution in [0.5, 0.6) is 5.75 Å². The molecule has 1 N–H and O–H groups in total. The molecule has 0 atom stereocenters. The lowest BCUT2D eigenvalue weighted by molar-refractivity contribution is 0.104. The Balaban J connectivity index is 1.95. The number of fused-ring (bicyclic) bond motifs is 1. The van der Waals surface area contributed by atoms with Gasteiger partial charge in [-0.15, -0.1) is 0 Å². The Hall–Kier alpha value is -2.75. The van der Waals surface area contributed by atoms with E-state index in [1.54, 1.807) is 13.2 Å². The van der Waals surface area contributed by atoms with Crippen LogP contribution in [-0.2, 0) is 5.54 Å². The second-order valence-corrected chi connectivity index (χ2v) is 7.03. The monoisotopic (exact) mass is 336 g/mol. The zero-order chi connectivity index (χ0) is 18.2. The molecule has 0 spiro atoms. The Kier molecular flexibility index (Phi) is 4.29. The normalized spacial score (nSPS) is 16.3. The summed E-state index contributed by atoms with van der Waals surface area (Å²) in [4.78, 5) is 14.7. The zero-order valence-corrected chi connectivity index (χ0v) is 15.4. The van der Waals surface area contributed by atoms with Crippen LogP contribution in [0.3, 0.4) is 0 Å². The second kappa shape index (κ2) is 6.28. The molecule has 0 radical (unpaired) electrons. The number of rotatable bonds is 4. The number of allylic oxidation sites excluding steroid dienone is 1. The van der Waals surface area contributed by atoms with Gasteiger partial charge in [-0.3, -0.25) is 4.79 Å². The summed E-state index contributed by atoms with van der Waals surface area (Å²) in [6.45, 7) is 4.21. The van der Waals surface area contributed by atoms with Gasteiger partial charge in [0.05, 0.1) is 12.6 Å². The van der Waals surface area contributed by atoms with Gasteiger partial charge in [-0.2, -0.15) is 0 Å². The number of methoxy groups -OCH3 is 1. The lowest BCUT2D eigenvalue weighted by atomic mass is 9.94. The smallest absolute Gasteiger partial charge is 0.187 e. The first-order valence-electron chi connectivity index (χ1n) is 8.32. The van der Waals surface area contributed by atoms with Crippen LogP contribution in [0, 0.1) is 0 Å². The molecule has 0 unspecified atom stereocenters. The van der Waals surface area contributed by atoms with Gasteiger partial charge in [0, 0.05) is 42.7 Å². The molecular weight excluding hydrogens is 312 g/mol. The van der Waals surface area contributed by atoms with Crippen molar-refractivity contribution in [2.24, 2.45) is 0 Å². The molecule has 4 nitrogen and oxygen atoms in total. The molecule has 0 saturated carbocycles.